The molecule has 0 aromatic carbocycles. The lowest BCUT2D eigenvalue weighted by molar-refractivity contribution is -0.148. The standard InChI is InChI=1S/C35H70O4/c1-4-7-10-21-27-32-38-35(39-33-28-22-11-8-5-2)29-24-20-18-16-14-13-15-17-19-23-26-31-37-34-36-30-25-12-9-6-3/h26,31,35H,4-25,27-30,32-34H2,1-3H3. The molecule has 0 amide bonds. The third-order valence-corrected chi connectivity index (χ3v) is 7.40. The number of allylic oxidation sites excluding steroid dienone is 1. The molecular weight excluding hydrogens is 484 g/mol. The number of rotatable bonds is 34. The second-order valence-electron chi connectivity index (χ2n) is 11.4. The predicted octanol–water partition coefficient (Wildman–Crippen LogP) is 11.7. The summed E-state index contributed by atoms with van der Waals surface area (Å²) in [5, 5.41) is 0. The highest BCUT2D eigenvalue weighted by Gasteiger charge is 2.09. The molecular formula is C35H70O4. The van der Waals surface area contributed by atoms with E-state index in [9.17, 15) is 0 Å². The molecule has 0 aromatic heterocycles. The van der Waals surface area contributed by atoms with Crippen molar-refractivity contribution in [1.82, 2.24) is 0 Å². The maximum atomic E-state index is 6.15. The van der Waals surface area contributed by atoms with Gasteiger partial charge in [0, 0.05) is 13.2 Å². The lowest BCUT2D eigenvalue weighted by atomic mass is 10.1. The Morgan fingerprint density at radius 2 is 0.897 bits per heavy atom. The van der Waals surface area contributed by atoms with Crippen LogP contribution in [0.1, 0.15) is 181 Å². The summed E-state index contributed by atoms with van der Waals surface area (Å²) in [5.41, 5.74) is 0. The van der Waals surface area contributed by atoms with Crippen LogP contribution in [0, 0.1) is 0 Å². The van der Waals surface area contributed by atoms with Crippen molar-refractivity contribution < 1.29 is 18.9 Å². The molecule has 4 heteroatoms. The quantitative estimate of drug-likeness (QED) is 0.0450. The molecule has 0 aliphatic carbocycles. The van der Waals surface area contributed by atoms with E-state index >= 15 is 0 Å². The molecule has 0 aromatic rings. The van der Waals surface area contributed by atoms with Crippen LogP contribution in [0.5, 0.6) is 0 Å². The summed E-state index contributed by atoms with van der Waals surface area (Å²) < 4.78 is 23.2. The normalized spacial score (nSPS) is 11.8. The van der Waals surface area contributed by atoms with Gasteiger partial charge in [0.25, 0.3) is 0 Å². The van der Waals surface area contributed by atoms with Gasteiger partial charge in [-0.05, 0) is 51.0 Å². The Kier molecular flexibility index (Phi) is 34.9. The Hall–Kier alpha value is -0.580. The zero-order valence-electron chi connectivity index (χ0n) is 26.9. The molecule has 0 rings (SSSR count). The third kappa shape index (κ3) is 33.5. The number of unbranched alkanes of at least 4 members (excludes halogenated alkanes) is 20. The first-order chi connectivity index (χ1) is 19.3. The predicted molar refractivity (Wildman–Crippen MR) is 169 cm³/mol. The highest BCUT2D eigenvalue weighted by atomic mass is 16.7. The van der Waals surface area contributed by atoms with Crippen LogP contribution in [0.2, 0.25) is 0 Å². The van der Waals surface area contributed by atoms with Crippen LogP contribution in [-0.2, 0) is 18.9 Å². The Morgan fingerprint density at radius 3 is 1.46 bits per heavy atom. The summed E-state index contributed by atoms with van der Waals surface area (Å²) in [6, 6.07) is 0. The molecule has 0 fully saturated rings. The summed E-state index contributed by atoms with van der Waals surface area (Å²) in [5.74, 6) is 0. The Bertz CT molecular complexity index is 438. The van der Waals surface area contributed by atoms with Crippen LogP contribution >= 0.6 is 0 Å². The summed E-state index contributed by atoms with van der Waals surface area (Å²) in [6.07, 6.45) is 36.0. The monoisotopic (exact) mass is 555 g/mol. The van der Waals surface area contributed by atoms with Gasteiger partial charge < -0.3 is 18.9 Å². The van der Waals surface area contributed by atoms with Gasteiger partial charge in [0.05, 0.1) is 12.9 Å². The lowest BCUT2D eigenvalue weighted by Crippen LogP contribution is -2.19. The highest BCUT2D eigenvalue weighted by Crippen LogP contribution is 2.15. The second kappa shape index (κ2) is 35.4. The fraction of sp³-hybridized carbons (Fsp3) is 0.943. The molecule has 0 atom stereocenters. The van der Waals surface area contributed by atoms with Crippen molar-refractivity contribution >= 4 is 0 Å². The second-order valence-corrected chi connectivity index (χ2v) is 11.4. The third-order valence-electron chi connectivity index (χ3n) is 7.40. The van der Waals surface area contributed by atoms with Crippen molar-refractivity contribution in [2.24, 2.45) is 0 Å². The molecule has 0 aliphatic heterocycles. The number of hydrogen-bond acceptors (Lipinski definition) is 4. The highest BCUT2D eigenvalue weighted by molar-refractivity contribution is 4.72. The van der Waals surface area contributed by atoms with E-state index in [1.165, 1.54) is 141 Å². The van der Waals surface area contributed by atoms with Crippen LogP contribution in [0.15, 0.2) is 12.3 Å². The molecule has 0 saturated carbocycles. The molecule has 4 nitrogen and oxygen atoms in total. The van der Waals surface area contributed by atoms with Crippen LogP contribution < -0.4 is 0 Å². The topological polar surface area (TPSA) is 36.9 Å². The molecule has 0 saturated heterocycles. The van der Waals surface area contributed by atoms with Gasteiger partial charge in [0.15, 0.2) is 13.1 Å². The number of hydrogen-bond donors (Lipinski definition) is 0. The maximum absolute atomic E-state index is 6.15. The van der Waals surface area contributed by atoms with Crippen LogP contribution in [0.3, 0.4) is 0 Å². The first-order valence-electron chi connectivity index (χ1n) is 17.4. The van der Waals surface area contributed by atoms with Gasteiger partial charge in [-0.15, -0.1) is 0 Å². The van der Waals surface area contributed by atoms with Gasteiger partial charge >= 0.3 is 0 Å². The van der Waals surface area contributed by atoms with E-state index in [4.69, 9.17) is 18.9 Å². The van der Waals surface area contributed by atoms with Gasteiger partial charge in [-0.2, -0.15) is 0 Å². The van der Waals surface area contributed by atoms with E-state index < -0.39 is 0 Å². The van der Waals surface area contributed by atoms with Crippen molar-refractivity contribution in [1.29, 1.82) is 0 Å². The molecule has 0 heterocycles. The van der Waals surface area contributed by atoms with Crippen LogP contribution in [0.4, 0.5) is 0 Å². The summed E-state index contributed by atoms with van der Waals surface area (Å²) in [7, 11) is 0. The van der Waals surface area contributed by atoms with Crippen molar-refractivity contribution in [2.45, 2.75) is 188 Å². The maximum Gasteiger partial charge on any atom is 0.188 e. The fourth-order valence-corrected chi connectivity index (χ4v) is 4.78. The van der Waals surface area contributed by atoms with Gasteiger partial charge in [-0.1, -0.05) is 136 Å². The van der Waals surface area contributed by atoms with Crippen LogP contribution in [-0.4, -0.2) is 32.9 Å². The summed E-state index contributed by atoms with van der Waals surface area (Å²) in [4.78, 5) is 0. The SMILES string of the molecule is CCCCCCCOC(CCCCCCCCCCCC=COCOCCCCCC)OCCCCCCC. The minimum Gasteiger partial charge on any atom is -0.475 e. The smallest absolute Gasteiger partial charge is 0.188 e. The largest absolute Gasteiger partial charge is 0.475 e. The first kappa shape index (κ1) is 38.4. The Balaban J connectivity index is 3.60. The van der Waals surface area contributed by atoms with Gasteiger partial charge in [-0.25, -0.2) is 0 Å². The molecule has 0 aliphatic rings. The fourth-order valence-electron chi connectivity index (χ4n) is 4.78. The summed E-state index contributed by atoms with van der Waals surface area (Å²) in [6.45, 7) is 9.70. The van der Waals surface area contributed by atoms with Crippen molar-refractivity contribution in [3.05, 3.63) is 12.3 Å². The molecule has 0 spiro atoms. The number of ether oxygens (including phenoxy) is 4. The molecule has 0 N–H and O–H groups in total. The molecule has 234 valence electrons. The van der Waals surface area contributed by atoms with Gasteiger partial charge in [0.1, 0.15) is 0 Å². The lowest BCUT2D eigenvalue weighted by Gasteiger charge is -2.19. The van der Waals surface area contributed by atoms with E-state index in [2.05, 4.69) is 26.8 Å². The molecule has 0 unspecified atom stereocenters. The molecule has 0 radical (unpaired) electrons. The minimum absolute atomic E-state index is 0.0184. The van der Waals surface area contributed by atoms with E-state index in [0.717, 1.165) is 39.1 Å². The minimum atomic E-state index is 0.0184. The van der Waals surface area contributed by atoms with E-state index in [0.29, 0.717) is 6.79 Å². The zero-order chi connectivity index (χ0) is 28.3. The van der Waals surface area contributed by atoms with E-state index in [1.807, 2.05) is 6.26 Å². The van der Waals surface area contributed by atoms with Gasteiger partial charge in [-0.3, -0.25) is 0 Å². The average molecular weight is 555 g/mol. The summed E-state index contributed by atoms with van der Waals surface area (Å²) >= 11 is 0. The van der Waals surface area contributed by atoms with Crippen molar-refractivity contribution in [2.75, 3.05) is 26.6 Å². The van der Waals surface area contributed by atoms with E-state index in [-0.39, 0.29) is 6.29 Å². The van der Waals surface area contributed by atoms with Crippen molar-refractivity contribution in [3.63, 3.8) is 0 Å². The van der Waals surface area contributed by atoms with Crippen molar-refractivity contribution in [3.8, 4) is 0 Å². The van der Waals surface area contributed by atoms with Gasteiger partial charge in [0.2, 0.25) is 0 Å². The molecule has 0 bridgehead atoms. The zero-order valence-corrected chi connectivity index (χ0v) is 26.9. The van der Waals surface area contributed by atoms with Crippen LogP contribution in [0.25, 0.3) is 0 Å². The Labute approximate surface area is 245 Å². The van der Waals surface area contributed by atoms with E-state index in [1.54, 1.807) is 0 Å². The average Bonchev–Trinajstić information content (AvgIpc) is 2.95. The Morgan fingerprint density at radius 1 is 0.462 bits per heavy atom. The first-order valence-corrected chi connectivity index (χ1v) is 17.4. The molecule has 39 heavy (non-hydrogen) atoms.